The number of rotatable bonds is 13. The Kier molecular flexibility index (Phi) is 11.9. The number of furan rings is 1. The summed E-state index contributed by atoms with van der Waals surface area (Å²) < 4.78 is 6.28. The first-order valence-electron chi connectivity index (χ1n) is 24.5. The Bertz CT molecular complexity index is 3680. The summed E-state index contributed by atoms with van der Waals surface area (Å²) in [5.41, 5.74) is 22.1. The summed E-state index contributed by atoms with van der Waals surface area (Å²) in [7, 11) is 0. The van der Waals surface area contributed by atoms with Gasteiger partial charge >= 0.3 is 0 Å². The smallest absolute Gasteiger partial charge is 0.136 e. The summed E-state index contributed by atoms with van der Waals surface area (Å²) >= 11 is 0. The van der Waals surface area contributed by atoms with E-state index in [2.05, 4.69) is 212 Å². The average molecular weight is 912 g/mol. The van der Waals surface area contributed by atoms with Crippen LogP contribution in [0.4, 0.5) is 0 Å². The van der Waals surface area contributed by atoms with Gasteiger partial charge in [0.2, 0.25) is 0 Å². The number of hydrogen-bond donors (Lipinski definition) is 0. The molecule has 12 rings (SSSR count). The largest absolute Gasteiger partial charge is 0.456 e. The van der Waals surface area contributed by atoms with E-state index in [4.69, 9.17) is 19.4 Å². The quantitative estimate of drug-likeness (QED) is 0.116. The molecule has 4 aromatic heterocycles. The van der Waals surface area contributed by atoms with Crippen LogP contribution in [0.5, 0.6) is 0 Å². The molecule has 0 aliphatic heterocycles. The lowest BCUT2D eigenvalue weighted by molar-refractivity contribution is 0.669. The molecule has 338 valence electrons. The van der Waals surface area contributed by atoms with Gasteiger partial charge in [0.05, 0.1) is 17.1 Å². The van der Waals surface area contributed by atoms with Crippen LogP contribution in [0.3, 0.4) is 0 Å². The number of aromatic nitrogens is 3. The number of pyridine rings is 3. The van der Waals surface area contributed by atoms with Crippen LogP contribution in [0.15, 0.2) is 254 Å². The molecule has 0 saturated carbocycles. The normalized spacial score (nSPS) is 11.3. The zero-order chi connectivity index (χ0) is 47.3. The van der Waals surface area contributed by atoms with Crippen molar-refractivity contribution in [1.82, 2.24) is 15.0 Å². The predicted molar refractivity (Wildman–Crippen MR) is 293 cm³/mol. The van der Waals surface area contributed by atoms with Gasteiger partial charge in [-0.25, -0.2) is 0 Å². The summed E-state index contributed by atoms with van der Waals surface area (Å²) in [4.78, 5) is 15.0. The van der Waals surface area contributed by atoms with Crippen molar-refractivity contribution >= 4 is 21.9 Å². The van der Waals surface area contributed by atoms with E-state index >= 15 is 0 Å². The Hall–Kier alpha value is -8.99. The maximum atomic E-state index is 6.28. The fraction of sp³-hybridized carbons (Fsp3) is 0.0597. The van der Waals surface area contributed by atoms with E-state index < -0.39 is 0 Å². The Morgan fingerprint density at radius 3 is 1.42 bits per heavy atom. The first-order valence-corrected chi connectivity index (χ1v) is 24.5. The lowest BCUT2D eigenvalue weighted by Gasteiger charge is -2.17. The van der Waals surface area contributed by atoms with Crippen molar-refractivity contribution < 1.29 is 4.42 Å². The number of benzene rings is 8. The minimum absolute atomic E-state index is 0.886. The van der Waals surface area contributed by atoms with E-state index in [1.807, 2.05) is 36.7 Å². The molecular weight excluding hydrogens is 863 g/mol. The molecule has 12 aromatic rings. The zero-order valence-electron chi connectivity index (χ0n) is 39.2. The monoisotopic (exact) mass is 911 g/mol. The van der Waals surface area contributed by atoms with Gasteiger partial charge in [-0.3, -0.25) is 15.0 Å². The van der Waals surface area contributed by atoms with Crippen LogP contribution in [-0.4, -0.2) is 15.0 Å². The Morgan fingerprint density at radius 1 is 0.254 bits per heavy atom. The highest BCUT2D eigenvalue weighted by atomic mass is 16.3. The maximum Gasteiger partial charge on any atom is 0.136 e. The summed E-state index contributed by atoms with van der Waals surface area (Å²) in [5.74, 6) is 0. The lowest BCUT2D eigenvalue weighted by atomic mass is 9.87. The molecule has 0 bridgehead atoms. The predicted octanol–water partition coefficient (Wildman–Crippen LogP) is 17.0. The highest BCUT2D eigenvalue weighted by molar-refractivity contribution is 6.06. The van der Waals surface area contributed by atoms with E-state index in [1.54, 1.807) is 0 Å². The molecular formula is C67H49N3O. The second kappa shape index (κ2) is 19.6. The van der Waals surface area contributed by atoms with E-state index in [1.165, 1.54) is 33.4 Å². The Labute approximate surface area is 414 Å². The van der Waals surface area contributed by atoms with Gasteiger partial charge in [-0.1, -0.05) is 188 Å². The van der Waals surface area contributed by atoms with Crippen molar-refractivity contribution in [2.75, 3.05) is 0 Å². The van der Waals surface area contributed by atoms with Crippen LogP contribution in [0.1, 0.15) is 22.3 Å². The van der Waals surface area contributed by atoms with Crippen LogP contribution in [0, 0.1) is 0 Å². The van der Waals surface area contributed by atoms with Gasteiger partial charge in [-0.2, -0.15) is 0 Å². The molecule has 0 spiro atoms. The van der Waals surface area contributed by atoms with Crippen LogP contribution in [0.2, 0.25) is 0 Å². The van der Waals surface area contributed by atoms with E-state index in [0.717, 1.165) is 115 Å². The molecule has 8 aromatic carbocycles. The van der Waals surface area contributed by atoms with Gasteiger partial charge in [0.15, 0.2) is 0 Å². The van der Waals surface area contributed by atoms with Crippen molar-refractivity contribution in [1.29, 1.82) is 0 Å². The van der Waals surface area contributed by atoms with Crippen molar-refractivity contribution in [2.45, 2.75) is 25.7 Å². The highest BCUT2D eigenvalue weighted by Gasteiger charge is 2.17. The molecule has 0 amide bonds. The summed E-state index contributed by atoms with van der Waals surface area (Å²) in [5, 5.41) is 2.26. The first-order chi connectivity index (χ1) is 35.1. The summed E-state index contributed by atoms with van der Waals surface area (Å²) in [6.45, 7) is 0. The van der Waals surface area contributed by atoms with Crippen LogP contribution < -0.4 is 0 Å². The number of nitrogens with zero attached hydrogens (tertiary/aromatic N) is 3. The van der Waals surface area contributed by atoms with Gasteiger partial charge in [0.25, 0.3) is 0 Å². The van der Waals surface area contributed by atoms with E-state index in [0.29, 0.717) is 0 Å². The minimum Gasteiger partial charge on any atom is -0.456 e. The molecule has 0 fully saturated rings. The van der Waals surface area contributed by atoms with Crippen LogP contribution >= 0.6 is 0 Å². The van der Waals surface area contributed by atoms with Crippen LogP contribution in [-0.2, 0) is 25.7 Å². The SMILES string of the molecule is c1ccc(-c2ccc(CCc3cc(CCc4ccc(-c5ccccc5)nc4)cc(-c4ccccc4-c4cnc(-c5cccc(-c6ccc7c(c6)oc6ccccc67)c5)cc4-c4ccccc4)c3)cn2)cc1. The number of hydrogen-bond acceptors (Lipinski definition) is 4. The molecule has 4 heterocycles. The molecule has 4 nitrogen and oxygen atoms in total. The topological polar surface area (TPSA) is 51.8 Å². The van der Waals surface area contributed by atoms with Crippen molar-refractivity contribution in [3.8, 4) is 78.3 Å². The first kappa shape index (κ1) is 43.3. The number of aryl methyl sites for hydroxylation is 4. The fourth-order valence-corrected chi connectivity index (χ4v) is 9.91. The molecule has 0 aliphatic rings. The third kappa shape index (κ3) is 9.32. The molecule has 0 N–H and O–H groups in total. The third-order valence-corrected chi connectivity index (χ3v) is 13.6. The molecule has 4 heteroatoms. The molecule has 0 atom stereocenters. The summed E-state index contributed by atoms with van der Waals surface area (Å²) in [6.07, 6.45) is 9.69. The molecule has 0 radical (unpaired) electrons. The highest BCUT2D eigenvalue weighted by Crippen LogP contribution is 2.41. The van der Waals surface area contributed by atoms with Gasteiger partial charge in [0, 0.05) is 51.6 Å². The van der Waals surface area contributed by atoms with Crippen LogP contribution in [0.25, 0.3) is 100 Å². The average Bonchev–Trinajstić information content (AvgIpc) is 3.83. The fourth-order valence-electron chi connectivity index (χ4n) is 9.91. The third-order valence-electron chi connectivity index (χ3n) is 13.6. The second-order valence-corrected chi connectivity index (χ2v) is 18.3. The lowest BCUT2D eigenvalue weighted by Crippen LogP contribution is -1.99. The van der Waals surface area contributed by atoms with Crippen molar-refractivity contribution in [3.05, 3.63) is 271 Å². The number of para-hydroxylation sites is 1. The molecule has 0 unspecified atom stereocenters. The van der Waals surface area contributed by atoms with Gasteiger partial charge in [0.1, 0.15) is 11.2 Å². The standard InChI is InChI=1S/C67H49N3O/c1-4-15-50(16-5-1)61-42-65(55-22-14-21-53(40-55)54-33-34-60-59-25-12-13-26-66(59)71-67(60)41-54)70-45-62(61)58-24-11-10-23-57(58)56-38-48(29-27-46-31-35-63(68-43-46)51-17-6-2-7-18-51)37-49(39-56)30-28-47-32-36-64(69-44-47)52-19-8-3-9-20-52/h1-26,31-45H,27-30H2. The Balaban J connectivity index is 0.890. The van der Waals surface area contributed by atoms with Gasteiger partial charge < -0.3 is 4.42 Å². The number of fused-ring (bicyclic) bond motifs is 3. The van der Waals surface area contributed by atoms with Gasteiger partial charge in [-0.05, 0) is 129 Å². The van der Waals surface area contributed by atoms with Gasteiger partial charge in [-0.15, -0.1) is 0 Å². The minimum atomic E-state index is 0.886. The molecule has 0 saturated heterocycles. The summed E-state index contributed by atoms with van der Waals surface area (Å²) in [6, 6.07) is 81.9. The van der Waals surface area contributed by atoms with Crippen molar-refractivity contribution in [3.63, 3.8) is 0 Å². The Morgan fingerprint density at radius 2 is 0.775 bits per heavy atom. The van der Waals surface area contributed by atoms with E-state index in [-0.39, 0.29) is 0 Å². The molecule has 71 heavy (non-hydrogen) atoms. The zero-order valence-corrected chi connectivity index (χ0v) is 39.2. The van der Waals surface area contributed by atoms with E-state index in [9.17, 15) is 0 Å². The maximum absolute atomic E-state index is 6.28. The molecule has 0 aliphatic carbocycles. The second-order valence-electron chi connectivity index (χ2n) is 18.3. The van der Waals surface area contributed by atoms with Crippen molar-refractivity contribution in [2.24, 2.45) is 0 Å².